The van der Waals surface area contributed by atoms with Crippen molar-refractivity contribution in [3.63, 3.8) is 0 Å². The first-order valence-corrected chi connectivity index (χ1v) is 11.6. The molecular formula is C23H27N3O5S. The maximum atomic E-state index is 13.1. The van der Waals surface area contributed by atoms with Crippen molar-refractivity contribution in [2.45, 2.75) is 59.7 Å². The molecule has 1 aliphatic heterocycles. The highest BCUT2D eigenvalue weighted by Gasteiger charge is 2.23. The molecule has 0 amide bonds. The van der Waals surface area contributed by atoms with Gasteiger partial charge in [0.15, 0.2) is 5.78 Å². The molecule has 0 aromatic carbocycles. The van der Waals surface area contributed by atoms with Crippen molar-refractivity contribution in [1.29, 1.82) is 0 Å². The minimum absolute atomic E-state index is 0.115. The highest BCUT2D eigenvalue weighted by Crippen LogP contribution is 2.27. The number of ketones is 1. The largest absolute Gasteiger partial charge is 0.462 e. The van der Waals surface area contributed by atoms with E-state index in [1.54, 1.807) is 13.8 Å². The molecule has 4 heterocycles. The molecule has 0 saturated carbocycles. The predicted molar refractivity (Wildman–Crippen MR) is 122 cm³/mol. The van der Waals surface area contributed by atoms with E-state index in [0.717, 1.165) is 48.7 Å². The number of hydrogen-bond donors (Lipinski definition) is 0. The van der Waals surface area contributed by atoms with Gasteiger partial charge in [0.1, 0.15) is 9.71 Å². The number of carbonyl (C=O) groups is 2. The Morgan fingerprint density at radius 2 is 2.09 bits per heavy atom. The summed E-state index contributed by atoms with van der Waals surface area (Å²) in [5.74, 6) is -0.618. The maximum absolute atomic E-state index is 13.1. The minimum Gasteiger partial charge on any atom is -0.462 e. The van der Waals surface area contributed by atoms with E-state index in [9.17, 15) is 14.4 Å². The van der Waals surface area contributed by atoms with Gasteiger partial charge in [-0.2, -0.15) is 0 Å². The SMILES string of the molecule is CCOC(=O)c1sc2ncn(CC(=O)c3cc(C)n(CC4CCCO4)c3C)c(=O)c2c1C. The number of nitrogens with zero attached hydrogens (tertiary/aromatic N) is 3. The van der Waals surface area contributed by atoms with E-state index >= 15 is 0 Å². The highest BCUT2D eigenvalue weighted by atomic mass is 32.1. The van der Waals surface area contributed by atoms with E-state index < -0.39 is 5.97 Å². The minimum atomic E-state index is -0.464. The zero-order valence-corrected chi connectivity index (χ0v) is 19.6. The summed E-state index contributed by atoms with van der Waals surface area (Å²) in [5.41, 5.74) is 2.68. The van der Waals surface area contributed by atoms with Crippen LogP contribution in [-0.2, 0) is 22.6 Å². The fourth-order valence-corrected chi connectivity index (χ4v) is 5.29. The Morgan fingerprint density at radius 3 is 2.78 bits per heavy atom. The number of hydrogen-bond acceptors (Lipinski definition) is 7. The summed E-state index contributed by atoms with van der Waals surface area (Å²) < 4.78 is 14.2. The number of Topliss-reactive ketones (excluding diaryl/α,β-unsaturated/α-hetero) is 1. The van der Waals surface area contributed by atoms with Gasteiger partial charge in [-0.05, 0) is 52.2 Å². The van der Waals surface area contributed by atoms with Crippen molar-refractivity contribution in [2.75, 3.05) is 13.2 Å². The van der Waals surface area contributed by atoms with Crippen LogP contribution in [0.2, 0.25) is 0 Å². The Morgan fingerprint density at radius 1 is 1.31 bits per heavy atom. The second-order valence-corrected chi connectivity index (χ2v) is 9.09. The third-order valence-corrected chi connectivity index (χ3v) is 7.16. The summed E-state index contributed by atoms with van der Waals surface area (Å²) >= 11 is 1.13. The molecule has 1 aliphatic rings. The van der Waals surface area contributed by atoms with Crippen LogP contribution in [0.1, 0.15) is 56.7 Å². The number of fused-ring (bicyclic) bond motifs is 1. The van der Waals surface area contributed by atoms with Gasteiger partial charge in [0, 0.05) is 30.1 Å². The van der Waals surface area contributed by atoms with E-state index in [0.29, 0.717) is 26.2 Å². The van der Waals surface area contributed by atoms with E-state index in [4.69, 9.17) is 9.47 Å². The van der Waals surface area contributed by atoms with Crippen LogP contribution in [0.3, 0.4) is 0 Å². The number of aromatic nitrogens is 3. The predicted octanol–water partition coefficient (Wildman–Crippen LogP) is 3.42. The Bertz CT molecular complexity index is 1250. The number of ether oxygens (including phenoxy) is 2. The molecule has 1 fully saturated rings. The van der Waals surface area contributed by atoms with Crippen molar-refractivity contribution in [3.05, 3.63) is 50.1 Å². The van der Waals surface area contributed by atoms with E-state index in [-0.39, 0.29) is 30.6 Å². The van der Waals surface area contributed by atoms with Crippen LogP contribution >= 0.6 is 11.3 Å². The summed E-state index contributed by atoms with van der Waals surface area (Å²) in [6.45, 7) is 8.99. The second kappa shape index (κ2) is 8.99. The Hall–Kier alpha value is -2.78. The fourth-order valence-electron chi connectivity index (χ4n) is 4.26. The van der Waals surface area contributed by atoms with E-state index in [1.165, 1.54) is 10.9 Å². The van der Waals surface area contributed by atoms with Gasteiger partial charge >= 0.3 is 5.97 Å². The average Bonchev–Trinajstić information content (AvgIpc) is 3.46. The number of rotatable bonds is 7. The lowest BCUT2D eigenvalue weighted by atomic mass is 10.1. The van der Waals surface area contributed by atoms with Crippen LogP contribution in [0, 0.1) is 20.8 Å². The summed E-state index contributed by atoms with van der Waals surface area (Å²) in [6, 6.07) is 1.87. The second-order valence-electron chi connectivity index (χ2n) is 8.09. The molecule has 32 heavy (non-hydrogen) atoms. The molecule has 0 spiro atoms. The van der Waals surface area contributed by atoms with Gasteiger partial charge in [-0.25, -0.2) is 9.78 Å². The molecule has 1 saturated heterocycles. The standard InChI is InChI=1S/C23H27N3O5S/c1-5-30-23(29)20-14(3)19-21(32-20)24-12-25(22(19)28)11-18(27)17-9-13(2)26(15(17)4)10-16-7-6-8-31-16/h9,12,16H,5-8,10-11H2,1-4H3. The lowest BCUT2D eigenvalue weighted by Crippen LogP contribution is -2.25. The molecule has 0 aliphatic carbocycles. The Balaban J connectivity index is 1.61. The number of aryl methyl sites for hydroxylation is 2. The van der Waals surface area contributed by atoms with Crippen molar-refractivity contribution >= 4 is 33.3 Å². The van der Waals surface area contributed by atoms with Crippen molar-refractivity contribution in [2.24, 2.45) is 0 Å². The summed E-state index contributed by atoms with van der Waals surface area (Å²) in [6.07, 6.45) is 3.63. The van der Waals surface area contributed by atoms with Gasteiger partial charge in [0.2, 0.25) is 0 Å². The van der Waals surface area contributed by atoms with Gasteiger partial charge in [0.25, 0.3) is 5.56 Å². The quantitative estimate of drug-likeness (QED) is 0.399. The topological polar surface area (TPSA) is 92.4 Å². The fraction of sp³-hybridized carbons (Fsp3) is 0.478. The van der Waals surface area contributed by atoms with Crippen LogP contribution in [-0.4, -0.2) is 45.2 Å². The molecule has 4 rings (SSSR count). The van der Waals surface area contributed by atoms with Crippen LogP contribution < -0.4 is 5.56 Å². The van der Waals surface area contributed by atoms with Gasteiger partial charge < -0.3 is 14.0 Å². The first-order chi connectivity index (χ1) is 15.3. The van der Waals surface area contributed by atoms with Crippen LogP contribution in [0.4, 0.5) is 0 Å². The molecular weight excluding hydrogens is 430 g/mol. The van der Waals surface area contributed by atoms with Crippen molar-refractivity contribution in [3.8, 4) is 0 Å². The average molecular weight is 458 g/mol. The molecule has 8 nitrogen and oxygen atoms in total. The molecule has 0 bridgehead atoms. The van der Waals surface area contributed by atoms with Gasteiger partial charge in [-0.3, -0.25) is 14.2 Å². The summed E-state index contributed by atoms with van der Waals surface area (Å²) in [5, 5.41) is 0.359. The first kappa shape index (κ1) is 22.4. The molecule has 3 aromatic rings. The third-order valence-electron chi connectivity index (χ3n) is 5.98. The number of esters is 1. The van der Waals surface area contributed by atoms with E-state index in [2.05, 4.69) is 9.55 Å². The number of thiophene rings is 1. The molecule has 3 aromatic heterocycles. The smallest absolute Gasteiger partial charge is 0.348 e. The van der Waals surface area contributed by atoms with Crippen molar-refractivity contribution in [1.82, 2.24) is 14.1 Å². The van der Waals surface area contributed by atoms with E-state index in [1.807, 2.05) is 19.9 Å². The Kier molecular flexibility index (Phi) is 6.30. The summed E-state index contributed by atoms with van der Waals surface area (Å²) in [7, 11) is 0. The molecule has 0 N–H and O–H groups in total. The number of carbonyl (C=O) groups excluding carboxylic acids is 2. The van der Waals surface area contributed by atoms with Crippen molar-refractivity contribution < 1.29 is 19.1 Å². The lowest BCUT2D eigenvalue weighted by molar-refractivity contribution is 0.0531. The van der Waals surface area contributed by atoms with Gasteiger partial charge in [-0.15, -0.1) is 11.3 Å². The zero-order valence-electron chi connectivity index (χ0n) is 18.8. The van der Waals surface area contributed by atoms with Crippen LogP contribution in [0.15, 0.2) is 17.2 Å². The molecule has 1 atom stereocenters. The van der Waals surface area contributed by atoms with Crippen LogP contribution in [0.25, 0.3) is 10.2 Å². The molecule has 1 unspecified atom stereocenters. The normalized spacial score (nSPS) is 16.1. The molecule has 170 valence electrons. The van der Waals surface area contributed by atoms with Crippen LogP contribution in [0.5, 0.6) is 0 Å². The third kappa shape index (κ3) is 4.02. The zero-order chi connectivity index (χ0) is 23.0. The lowest BCUT2D eigenvalue weighted by Gasteiger charge is -2.14. The maximum Gasteiger partial charge on any atom is 0.348 e. The Labute approximate surface area is 189 Å². The van der Waals surface area contributed by atoms with Gasteiger partial charge in [0.05, 0.1) is 31.0 Å². The molecule has 9 heteroatoms. The highest BCUT2D eigenvalue weighted by molar-refractivity contribution is 7.20. The monoisotopic (exact) mass is 457 g/mol. The van der Waals surface area contributed by atoms with Gasteiger partial charge in [-0.1, -0.05) is 0 Å². The molecule has 0 radical (unpaired) electrons. The summed E-state index contributed by atoms with van der Waals surface area (Å²) in [4.78, 5) is 43.5. The first-order valence-electron chi connectivity index (χ1n) is 10.8.